The molecule has 2 aliphatic rings. The minimum absolute atomic E-state index is 0.133. The van der Waals surface area contributed by atoms with Gasteiger partial charge in [-0.15, -0.1) is 5.10 Å². The highest BCUT2D eigenvalue weighted by atomic mass is 19.1. The van der Waals surface area contributed by atoms with Crippen LogP contribution in [0.3, 0.4) is 0 Å². The third kappa shape index (κ3) is 7.36. The molecule has 1 aliphatic carbocycles. The van der Waals surface area contributed by atoms with Crippen molar-refractivity contribution in [3.8, 4) is 0 Å². The van der Waals surface area contributed by atoms with Gasteiger partial charge < -0.3 is 15.6 Å². The molecule has 6 nitrogen and oxygen atoms in total. The molecule has 2 fully saturated rings. The number of hydrogen-bond acceptors (Lipinski definition) is 5. The van der Waals surface area contributed by atoms with Crippen LogP contribution in [0.5, 0.6) is 0 Å². The van der Waals surface area contributed by atoms with Gasteiger partial charge in [0.15, 0.2) is 5.82 Å². The van der Waals surface area contributed by atoms with E-state index < -0.39 is 0 Å². The molecule has 1 saturated heterocycles. The van der Waals surface area contributed by atoms with Crippen molar-refractivity contribution in [3.05, 3.63) is 24.3 Å². The summed E-state index contributed by atoms with van der Waals surface area (Å²) in [5.74, 6) is 0.791. The van der Waals surface area contributed by atoms with Crippen LogP contribution in [0.15, 0.2) is 18.5 Å². The number of aromatic nitrogens is 3. The first-order valence-electron chi connectivity index (χ1n) is 10.3. The lowest BCUT2D eigenvalue weighted by Gasteiger charge is -2.33. The maximum absolute atomic E-state index is 12.7. The number of halogens is 1. The largest absolute Gasteiger partial charge is 0.391 e. The van der Waals surface area contributed by atoms with Crippen molar-refractivity contribution >= 4 is 11.5 Å². The summed E-state index contributed by atoms with van der Waals surface area (Å²) in [5, 5.41) is 12.5. The Morgan fingerprint density at radius 3 is 2.39 bits per heavy atom. The number of rotatable bonds is 0. The minimum atomic E-state index is -0.343. The molecule has 3 heterocycles. The molecule has 2 aromatic heterocycles. The normalized spacial score (nSPS) is 20.7. The molecule has 7 heteroatoms. The van der Waals surface area contributed by atoms with Crippen LogP contribution in [0, 0.1) is 17.2 Å². The number of nitrogens with zero attached hydrogens (tertiary/aromatic N) is 3. The van der Waals surface area contributed by atoms with E-state index in [1.807, 2.05) is 0 Å². The molecular formula is C21H35FN4O2. The predicted molar refractivity (Wildman–Crippen MR) is 109 cm³/mol. The van der Waals surface area contributed by atoms with Crippen LogP contribution in [0.1, 0.15) is 65.7 Å². The van der Waals surface area contributed by atoms with Gasteiger partial charge in [0.2, 0.25) is 5.95 Å². The SMILES string of the molecule is CC(C)(C)C1CCCCC1.Nc1ncc2c(F)ccn2n1.OC1CCCOC1. The van der Waals surface area contributed by atoms with E-state index in [9.17, 15) is 4.39 Å². The van der Waals surface area contributed by atoms with Crippen molar-refractivity contribution in [1.29, 1.82) is 0 Å². The summed E-state index contributed by atoms with van der Waals surface area (Å²) in [6.07, 6.45) is 12.0. The number of hydrogen-bond donors (Lipinski definition) is 2. The van der Waals surface area contributed by atoms with Gasteiger partial charge in [0.05, 0.1) is 18.9 Å². The van der Waals surface area contributed by atoms with Crippen LogP contribution in [-0.2, 0) is 4.74 Å². The molecule has 3 N–H and O–H groups in total. The molecule has 28 heavy (non-hydrogen) atoms. The van der Waals surface area contributed by atoms with Crippen LogP contribution < -0.4 is 5.73 Å². The van der Waals surface area contributed by atoms with Crippen molar-refractivity contribution in [1.82, 2.24) is 14.6 Å². The van der Waals surface area contributed by atoms with Gasteiger partial charge in [-0.05, 0) is 43.1 Å². The first-order valence-corrected chi connectivity index (χ1v) is 10.3. The Morgan fingerprint density at radius 2 is 1.89 bits per heavy atom. The number of aliphatic hydroxyl groups is 1. The van der Waals surface area contributed by atoms with E-state index in [4.69, 9.17) is 15.6 Å². The molecule has 0 aromatic carbocycles. The average Bonchev–Trinajstić information content (AvgIpc) is 3.03. The summed E-state index contributed by atoms with van der Waals surface area (Å²) in [5.41, 5.74) is 6.17. The molecule has 4 rings (SSSR count). The van der Waals surface area contributed by atoms with E-state index in [-0.39, 0.29) is 17.9 Å². The number of nitrogens with two attached hydrogens (primary N) is 1. The van der Waals surface area contributed by atoms with E-state index in [0.29, 0.717) is 17.5 Å². The second kappa shape index (κ2) is 10.7. The Kier molecular flexibility index (Phi) is 8.63. The Bertz CT molecular complexity index is 702. The van der Waals surface area contributed by atoms with Crippen molar-refractivity contribution in [2.45, 2.75) is 71.8 Å². The van der Waals surface area contributed by atoms with Crippen LogP contribution >= 0.6 is 0 Å². The van der Waals surface area contributed by atoms with Gasteiger partial charge in [-0.25, -0.2) is 13.9 Å². The first-order chi connectivity index (χ1) is 13.3. The number of aliphatic hydroxyl groups excluding tert-OH is 1. The molecule has 0 spiro atoms. The topological polar surface area (TPSA) is 85.7 Å². The number of anilines is 1. The quantitative estimate of drug-likeness (QED) is 0.699. The monoisotopic (exact) mass is 394 g/mol. The Morgan fingerprint density at radius 1 is 1.18 bits per heavy atom. The van der Waals surface area contributed by atoms with Crippen LogP contribution in [0.25, 0.3) is 5.52 Å². The zero-order chi connectivity index (χ0) is 20.6. The van der Waals surface area contributed by atoms with Gasteiger partial charge in [0.1, 0.15) is 5.52 Å². The first kappa shape index (κ1) is 22.6. The minimum Gasteiger partial charge on any atom is -0.391 e. The van der Waals surface area contributed by atoms with Gasteiger partial charge in [0.25, 0.3) is 0 Å². The van der Waals surface area contributed by atoms with E-state index in [1.165, 1.54) is 55.1 Å². The molecule has 1 unspecified atom stereocenters. The molecular weight excluding hydrogens is 359 g/mol. The molecule has 1 saturated carbocycles. The van der Waals surface area contributed by atoms with E-state index >= 15 is 0 Å². The van der Waals surface area contributed by atoms with E-state index in [0.717, 1.165) is 25.4 Å². The zero-order valence-corrected chi connectivity index (χ0v) is 17.4. The van der Waals surface area contributed by atoms with Gasteiger partial charge in [-0.1, -0.05) is 40.0 Å². The second-order valence-electron chi connectivity index (χ2n) is 8.68. The van der Waals surface area contributed by atoms with Crippen LogP contribution in [0.4, 0.5) is 10.3 Å². The summed E-state index contributed by atoms with van der Waals surface area (Å²) in [7, 11) is 0. The second-order valence-corrected chi connectivity index (χ2v) is 8.68. The number of ether oxygens (including phenoxy) is 1. The zero-order valence-electron chi connectivity index (χ0n) is 17.4. The van der Waals surface area contributed by atoms with Crippen molar-refractivity contribution in [3.63, 3.8) is 0 Å². The van der Waals surface area contributed by atoms with E-state index in [2.05, 4.69) is 30.9 Å². The molecule has 0 amide bonds. The van der Waals surface area contributed by atoms with Crippen LogP contribution in [0.2, 0.25) is 0 Å². The van der Waals surface area contributed by atoms with Crippen molar-refractivity contribution in [2.24, 2.45) is 11.3 Å². The lowest BCUT2D eigenvalue weighted by molar-refractivity contribution is -0.00535. The molecule has 0 bridgehead atoms. The molecule has 158 valence electrons. The number of nitrogen functional groups attached to an aromatic ring is 1. The smallest absolute Gasteiger partial charge is 0.238 e. The molecule has 1 aliphatic heterocycles. The summed E-state index contributed by atoms with van der Waals surface area (Å²) in [6, 6.07) is 1.31. The van der Waals surface area contributed by atoms with Gasteiger partial charge in [-0.3, -0.25) is 0 Å². The fourth-order valence-corrected chi connectivity index (χ4v) is 3.57. The third-order valence-electron chi connectivity index (χ3n) is 5.35. The maximum Gasteiger partial charge on any atom is 0.238 e. The van der Waals surface area contributed by atoms with Crippen molar-refractivity contribution < 1.29 is 14.2 Å². The van der Waals surface area contributed by atoms with Crippen LogP contribution in [-0.4, -0.2) is 39.0 Å². The molecule has 1 atom stereocenters. The van der Waals surface area contributed by atoms with Gasteiger partial charge >= 0.3 is 0 Å². The Hall–Kier alpha value is -1.73. The summed E-state index contributed by atoms with van der Waals surface area (Å²) in [6.45, 7) is 8.51. The van der Waals surface area contributed by atoms with E-state index in [1.54, 1.807) is 0 Å². The lowest BCUT2D eigenvalue weighted by Crippen LogP contribution is -2.22. The summed E-state index contributed by atoms with van der Waals surface area (Å²) in [4.78, 5) is 3.65. The highest BCUT2D eigenvalue weighted by Crippen LogP contribution is 2.37. The fourth-order valence-electron chi connectivity index (χ4n) is 3.57. The highest BCUT2D eigenvalue weighted by Gasteiger charge is 2.25. The molecule has 0 radical (unpaired) electrons. The maximum atomic E-state index is 12.7. The average molecular weight is 395 g/mol. The standard InChI is InChI=1S/C10H20.C6H5FN4.C5H10O2/c1-10(2,3)9-7-5-4-6-8-9;7-4-1-2-11-5(4)3-9-6(8)10-11;6-5-2-1-3-7-4-5/h9H,4-8H2,1-3H3;1-3H,(H2,8,10);5-6H,1-4H2. The Balaban J connectivity index is 0.000000154. The van der Waals surface area contributed by atoms with Gasteiger partial charge in [0, 0.05) is 12.8 Å². The number of fused-ring (bicyclic) bond motifs is 1. The molecule has 2 aromatic rings. The third-order valence-corrected chi connectivity index (χ3v) is 5.35. The Labute approximate surface area is 167 Å². The highest BCUT2D eigenvalue weighted by molar-refractivity contribution is 5.46. The summed E-state index contributed by atoms with van der Waals surface area (Å²) >= 11 is 0. The van der Waals surface area contributed by atoms with Crippen molar-refractivity contribution in [2.75, 3.05) is 18.9 Å². The lowest BCUT2D eigenvalue weighted by atomic mass is 9.72. The summed E-state index contributed by atoms with van der Waals surface area (Å²) < 4.78 is 19.0. The fraction of sp³-hybridized carbons (Fsp3) is 0.714. The van der Waals surface area contributed by atoms with Gasteiger partial charge in [-0.2, -0.15) is 0 Å². The predicted octanol–water partition coefficient (Wildman–Crippen LogP) is 4.22.